The van der Waals surface area contributed by atoms with Gasteiger partial charge in [-0.1, -0.05) is 12.1 Å². The summed E-state index contributed by atoms with van der Waals surface area (Å²) in [6.07, 6.45) is 1.79. The van der Waals surface area contributed by atoms with Gasteiger partial charge in [0, 0.05) is 5.41 Å². The van der Waals surface area contributed by atoms with Crippen LogP contribution in [0.3, 0.4) is 0 Å². The number of rotatable bonds is 2. The van der Waals surface area contributed by atoms with Gasteiger partial charge in [0.15, 0.2) is 5.82 Å². The first-order chi connectivity index (χ1) is 7.69. The molecule has 1 saturated carbocycles. The van der Waals surface area contributed by atoms with E-state index in [-0.39, 0.29) is 23.7 Å². The molecule has 6 heteroatoms. The van der Waals surface area contributed by atoms with Gasteiger partial charge >= 0.3 is 0 Å². The van der Waals surface area contributed by atoms with E-state index in [2.05, 4.69) is 22.4 Å². The van der Waals surface area contributed by atoms with Crippen LogP contribution in [-0.4, -0.2) is 29.4 Å². The molecule has 2 heterocycles. The van der Waals surface area contributed by atoms with Crippen LogP contribution < -0.4 is 5.32 Å². The lowest BCUT2D eigenvalue weighted by Gasteiger charge is -2.30. The third-order valence-corrected chi connectivity index (χ3v) is 3.72. The summed E-state index contributed by atoms with van der Waals surface area (Å²) >= 11 is 0. The highest BCUT2D eigenvalue weighted by atomic mass is 35.5. The van der Waals surface area contributed by atoms with E-state index in [1.54, 1.807) is 0 Å². The van der Waals surface area contributed by atoms with E-state index in [0.717, 1.165) is 31.8 Å². The molecule has 1 aromatic heterocycles. The van der Waals surface area contributed by atoms with Gasteiger partial charge in [0.2, 0.25) is 5.89 Å². The molecule has 1 N–H and O–H groups in total. The minimum absolute atomic E-state index is 0. The van der Waals surface area contributed by atoms with Crippen molar-refractivity contribution < 1.29 is 8.91 Å². The van der Waals surface area contributed by atoms with Crippen molar-refractivity contribution in [3.05, 3.63) is 11.7 Å². The Hall–Kier alpha value is -0.680. The summed E-state index contributed by atoms with van der Waals surface area (Å²) in [5.41, 5.74) is -0.00625. The molecule has 1 saturated heterocycles. The van der Waals surface area contributed by atoms with Gasteiger partial charge < -0.3 is 9.84 Å². The average Bonchev–Trinajstić information content (AvgIpc) is 2.82. The fourth-order valence-electron chi connectivity index (χ4n) is 2.25. The summed E-state index contributed by atoms with van der Waals surface area (Å²) in [6, 6.07) is 0. The smallest absolute Gasteiger partial charge is 0.232 e. The van der Waals surface area contributed by atoms with Crippen LogP contribution in [0.1, 0.15) is 43.8 Å². The molecule has 1 aliphatic heterocycles. The lowest BCUT2D eigenvalue weighted by molar-refractivity contribution is 0.298. The predicted octanol–water partition coefficient (Wildman–Crippen LogP) is 1.96. The van der Waals surface area contributed by atoms with E-state index in [0.29, 0.717) is 12.3 Å². The largest absolute Gasteiger partial charge is 0.339 e. The van der Waals surface area contributed by atoms with Crippen LogP contribution in [0.2, 0.25) is 0 Å². The molecule has 2 atom stereocenters. The highest BCUT2D eigenvalue weighted by Crippen LogP contribution is 2.43. The van der Waals surface area contributed by atoms with Crippen LogP contribution in [0.5, 0.6) is 0 Å². The van der Waals surface area contributed by atoms with Gasteiger partial charge in [0.1, 0.15) is 6.17 Å². The fraction of sp³-hybridized carbons (Fsp3) is 0.818. The topological polar surface area (TPSA) is 51.0 Å². The summed E-state index contributed by atoms with van der Waals surface area (Å²) in [7, 11) is 0. The molecule has 0 bridgehead atoms. The van der Waals surface area contributed by atoms with Gasteiger partial charge in [-0.05, 0) is 32.4 Å². The number of hydrogen-bond acceptors (Lipinski definition) is 4. The van der Waals surface area contributed by atoms with Crippen LogP contribution in [0.25, 0.3) is 0 Å². The van der Waals surface area contributed by atoms with Crippen molar-refractivity contribution in [2.75, 3.05) is 13.1 Å². The molecule has 17 heavy (non-hydrogen) atoms. The Bertz CT molecular complexity index is 392. The van der Waals surface area contributed by atoms with Crippen molar-refractivity contribution in [1.29, 1.82) is 0 Å². The van der Waals surface area contributed by atoms with Gasteiger partial charge in [0.25, 0.3) is 0 Å². The van der Waals surface area contributed by atoms with Crippen molar-refractivity contribution in [2.45, 2.75) is 43.7 Å². The number of hydrogen-bond donors (Lipinski definition) is 1. The maximum atomic E-state index is 12.9. The predicted molar refractivity (Wildman–Crippen MR) is 63.3 cm³/mol. The first-order valence-electron chi connectivity index (χ1n) is 5.88. The molecule has 2 fully saturated rings. The van der Waals surface area contributed by atoms with E-state index in [1.807, 2.05) is 0 Å². The van der Waals surface area contributed by atoms with Crippen molar-refractivity contribution >= 4 is 12.4 Å². The fourth-order valence-corrected chi connectivity index (χ4v) is 2.25. The molecular weight excluding hydrogens is 245 g/mol. The quantitative estimate of drug-likeness (QED) is 0.884. The van der Waals surface area contributed by atoms with Crippen LogP contribution in [0, 0.1) is 0 Å². The first kappa shape index (κ1) is 12.8. The van der Waals surface area contributed by atoms with Crippen molar-refractivity contribution in [3.8, 4) is 0 Å². The van der Waals surface area contributed by atoms with E-state index in [1.165, 1.54) is 0 Å². The monoisotopic (exact) mass is 261 g/mol. The maximum absolute atomic E-state index is 12.9. The Kier molecular flexibility index (Phi) is 3.41. The van der Waals surface area contributed by atoms with Crippen molar-refractivity contribution in [3.63, 3.8) is 0 Å². The zero-order valence-corrected chi connectivity index (χ0v) is 10.6. The Morgan fingerprint density at radius 1 is 1.41 bits per heavy atom. The van der Waals surface area contributed by atoms with Gasteiger partial charge in [-0.3, -0.25) is 0 Å². The third kappa shape index (κ3) is 2.31. The summed E-state index contributed by atoms with van der Waals surface area (Å²) < 4.78 is 18.0. The molecule has 0 unspecified atom stereocenters. The SMILES string of the molecule is CC1(c2noc([C@@H]3C[C@@H]3F)n2)CCNCC1.Cl. The summed E-state index contributed by atoms with van der Waals surface area (Å²) in [5.74, 6) is 1.11. The molecule has 2 aliphatic rings. The molecule has 0 spiro atoms. The van der Waals surface area contributed by atoms with E-state index in [4.69, 9.17) is 4.52 Å². The zero-order chi connectivity index (χ0) is 11.2. The third-order valence-electron chi connectivity index (χ3n) is 3.72. The number of halogens is 2. The molecule has 0 amide bonds. The number of nitrogens with one attached hydrogen (secondary N) is 1. The van der Waals surface area contributed by atoms with Gasteiger partial charge in [-0.15, -0.1) is 12.4 Å². The Morgan fingerprint density at radius 3 is 2.65 bits per heavy atom. The lowest BCUT2D eigenvalue weighted by atomic mass is 9.80. The summed E-state index contributed by atoms with van der Waals surface area (Å²) in [5, 5.41) is 7.34. The Morgan fingerprint density at radius 2 is 2.06 bits per heavy atom. The number of nitrogens with zero attached hydrogens (tertiary/aromatic N) is 2. The van der Waals surface area contributed by atoms with Crippen LogP contribution in [-0.2, 0) is 5.41 Å². The van der Waals surface area contributed by atoms with Crippen LogP contribution in [0.15, 0.2) is 4.52 Å². The standard InChI is InChI=1S/C11H16FN3O.ClH/c1-11(2-4-13-5-3-11)10-14-9(16-15-10)7-6-8(7)12;/h7-8,13H,2-6H2,1H3;1H/t7-,8+;/m1./s1. The summed E-state index contributed by atoms with van der Waals surface area (Å²) in [4.78, 5) is 4.37. The van der Waals surface area contributed by atoms with Crippen molar-refractivity contribution in [2.24, 2.45) is 0 Å². The second kappa shape index (κ2) is 4.53. The molecule has 1 aromatic rings. The second-order valence-electron chi connectivity index (χ2n) is 5.13. The first-order valence-corrected chi connectivity index (χ1v) is 5.88. The molecule has 4 nitrogen and oxygen atoms in total. The molecule has 0 radical (unpaired) electrons. The van der Waals surface area contributed by atoms with E-state index >= 15 is 0 Å². The molecule has 3 rings (SSSR count). The average molecular weight is 262 g/mol. The van der Waals surface area contributed by atoms with Crippen LogP contribution >= 0.6 is 12.4 Å². The van der Waals surface area contributed by atoms with E-state index in [9.17, 15) is 4.39 Å². The van der Waals surface area contributed by atoms with E-state index < -0.39 is 6.17 Å². The number of piperidine rings is 1. The van der Waals surface area contributed by atoms with Gasteiger partial charge in [-0.2, -0.15) is 4.98 Å². The molecule has 96 valence electrons. The molecule has 0 aromatic carbocycles. The molecular formula is C11H17ClFN3O. The summed E-state index contributed by atoms with van der Waals surface area (Å²) in [6.45, 7) is 4.12. The lowest BCUT2D eigenvalue weighted by Crippen LogP contribution is -2.38. The van der Waals surface area contributed by atoms with Crippen molar-refractivity contribution in [1.82, 2.24) is 15.5 Å². The second-order valence-corrected chi connectivity index (χ2v) is 5.13. The zero-order valence-electron chi connectivity index (χ0n) is 9.78. The highest BCUT2D eigenvalue weighted by molar-refractivity contribution is 5.85. The minimum atomic E-state index is -0.769. The molecule has 1 aliphatic carbocycles. The van der Waals surface area contributed by atoms with Gasteiger partial charge in [-0.25, -0.2) is 4.39 Å². The maximum Gasteiger partial charge on any atom is 0.232 e. The highest BCUT2D eigenvalue weighted by Gasteiger charge is 2.44. The Balaban J connectivity index is 0.00000108. The van der Waals surface area contributed by atoms with Crippen LogP contribution in [0.4, 0.5) is 4.39 Å². The number of alkyl halides is 1. The minimum Gasteiger partial charge on any atom is -0.339 e. The normalized spacial score (nSPS) is 30.7. The Labute approximate surface area is 106 Å². The number of aromatic nitrogens is 2. The van der Waals surface area contributed by atoms with Gasteiger partial charge in [0.05, 0.1) is 5.92 Å².